The summed E-state index contributed by atoms with van der Waals surface area (Å²) in [5.41, 5.74) is 0.591. The molecule has 2 rings (SSSR count). The minimum Gasteiger partial charge on any atom is -0.488 e. The standard InChI is InChI=1S/C14H16O6/c1-16-13(17-2)8-19-10-4-5-11-9(6-10)7-12(20-11)14(15)18-3/h4-7,13H,8H2,1-3H3. The van der Waals surface area contributed by atoms with Gasteiger partial charge < -0.3 is 23.4 Å². The molecule has 0 N–H and O–H groups in total. The van der Waals surface area contributed by atoms with Gasteiger partial charge in [0.25, 0.3) is 0 Å². The number of fused-ring (bicyclic) bond motifs is 1. The number of carbonyl (C=O) groups is 1. The van der Waals surface area contributed by atoms with Gasteiger partial charge in [0.15, 0.2) is 6.29 Å². The third-order valence-electron chi connectivity index (χ3n) is 2.79. The van der Waals surface area contributed by atoms with Crippen LogP contribution in [-0.2, 0) is 14.2 Å². The quantitative estimate of drug-likeness (QED) is 0.597. The van der Waals surface area contributed by atoms with Gasteiger partial charge in [-0.05, 0) is 24.3 Å². The highest BCUT2D eigenvalue weighted by atomic mass is 16.7. The Morgan fingerprint density at radius 1 is 1.20 bits per heavy atom. The Morgan fingerprint density at radius 2 is 1.95 bits per heavy atom. The molecule has 6 heteroatoms. The average Bonchev–Trinajstić information content (AvgIpc) is 2.90. The van der Waals surface area contributed by atoms with Crippen LogP contribution in [0.4, 0.5) is 0 Å². The van der Waals surface area contributed by atoms with Gasteiger partial charge in [0.1, 0.15) is 17.9 Å². The van der Waals surface area contributed by atoms with E-state index in [1.54, 1.807) is 38.5 Å². The van der Waals surface area contributed by atoms with Gasteiger partial charge in [-0.25, -0.2) is 4.79 Å². The third kappa shape index (κ3) is 3.09. The highest BCUT2D eigenvalue weighted by Crippen LogP contribution is 2.24. The van der Waals surface area contributed by atoms with Gasteiger partial charge in [0, 0.05) is 19.6 Å². The molecule has 1 heterocycles. The molecule has 0 saturated heterocycles. The van der Waals surface area contributed by atoms with Gasteiger partial charge in [0.2, 0.25) is 5.76 Å². The lowest BCUT2D eigenvalue weighted by Gasteiger charge is -2.14. The second-order valence-corrected chi connectivity index (χ2v) is 4.01. The molecule has 0 radical (unpaired) electrons. The van der Waals surface area contributed by atoms with Gasteiger partial charge >= 0.3 is 5.97 Å². The molecule has 20 heavy (non-hydrogen) atoms. The van der Waals surface area contributed by atoms with E-state index in [0.29, 0.717) is 11.3 Å². The number of rotatable bonds is 6. The summed E-state index contributed by atoms with van der Waals surface area (Å²) >= 11 is 0. The largest absolute Gasteiger partial charge is 0.488 e. The first-order valence-corrected chi connectivity index (χ1v) is 5.98. The molecular formula is C14H16O6. The zero-order valence-electron chi connectivity index (χ0n) is 11.5. The normalized spacial score (nSPS) is 11.0. The molecule has 0 amide bonds. The lowest BCUT2D eigenvalue weighted by Crippen LogP contribution is -2.21. The summed E-state index contributed by atoms with van der Waals surface area (Å²) in [6, 6.07) is 6.85. The predicted octanol–water partition coefficient (Wildman–Crippen LogP) is 2.22. The first-order valence-electron chi connectivity index (χ1n) is 5.98. The maximum Gasteiger partial charge on any atom is 0.373 e. The van der Waals surface area contributed by atoms with E-state index in [1.807, 2.05) is 0 Å². The van der Waals surface area contributed by atoms with Crippen LogP contribution in [0.5, 0.6) is 5.75 Å². The van der Waals surface area contributed by atoms with E-state index in [9.17, 15) is 4.79 Å². The zero-order chi connectivity index (χ0) is 14.5. The van der Waals surface area contributed by atoms with Gasteiger partial charge in [-0.2, -0.15) is 0 Å². The van der Waals surface area contributed by atoms with Crippen molar-refractivity contribution in [2.24, 2.45) is 0 Å². The van der Waals surface area contributed by atoms with Gasteiger partial charge in [-0.3, -0.25) is 0 Å². The Morgan fingerprint density at radius 3 is 2.60 bits per heavy atom. The Balaban J connectivity index is 2.14. The molecule has 0 aliphatic rings. The fourth-order valence-electron chi connectivity index (χ4n) is 1.71. The van der Waals surface area contributed by atoms with Crippen molar-refractivity contribution in [1.29, 1.82) is 0 Å². The summed E-state index contributed by atoms with van der Waals surface area (Å²) in [5, 5.41) is 0.759. The Hall–Kier alpha value is -2.05. The molecule has 0 aliphatic carbocycles. The third-order valence-corrected chi connectivity index (χ3v) is 2.79. The molecule has 2 aromatic rings. The van der Waals surface area contributed by atoms with Crippen molar-refractivity contribution in [1.82, 2.24) is 0 Å². The van der Waals surface area contributed by atoms with Crippen molar-refractivity contribution in [3.63, 3.8) is 0 Å². The summed E-state index contributed by atoms with van der Waals surface area (Å²) in [6.45, 7) is 0.264. The fourth-order valence-corrected chi connectivity index (χ4v) is 1.71. The van der Waals surface area contributed by atoms with E-state index in [-0.39, 0.29) is 12.4 Å². The van der Waals surface area contributed by atoms with E-state index < -0.39 is 12.3 Å². The minimum atomic E-state index is -0.512. The topological polar surface area (TPSA) is 67.1 Å². The summed E-state index contributed by atoms with van der Waals surface area (Å²) in [4.78, 5) is 11.4. The molecule has 0 bridgehead atoms. The van der Waals surface area contributed by atoms with Crippen LogP contribution in [0.2, 0.25) is 0 Å². The van der Waals surface area contributed by atoms with Gasteiger partial charge in [-0.15, -0.1) is 0 Å². The second-order valence-electron chi connectivity index (χ2n) is 4.01. The van der Waals surface area contributed by atoms with Crippen LogP contribution < -0.4 is 4.74 Å². The number of esters is 1. The van der Waals surface area contributed by atoms with Crippen LogP contribution in [0.3, 0.4) is 0 Å². The smallest absolute Gasteiger partial charge is 0.373 e. The number of benzene rings is 1. The Labute approximate surface area is 116 Å². The number of carbonyl (C=O) groups excluding carboxylic acids is 1. The van der Waals surface area contributed by atoms with E-state index in [0.717, 1.165) is 5.39 Å². The highest BCUT2D eigenvalue weighted by molar-refractivity contribution is 5.92. The van der Waals surface area contributed by atoms with Crippen molar-refractivity contribution >= 4 is 16.9 Å². The van der Waals surface area contributed by atoms with Crippen molar-refractivity contribution in [2.75, 3.05) is 27.9 Å². The van der Waals surface area contributed by atoms with Crippen LogP contribution in [0, 0.1) is 0 Å². The number of hydrogen-bond donors (Lipinski definition) is 0. The molecule has 0 spiro atoms. The Kier molecular flexibility index (Phi) is 4.60. The molecule has 0 saturated carbocycles. The molecule has 6 nitrogen and oxygen atoms in total. The zero-order valence-corrected chi connectivity index (χ0v) is 11.5. The maximum atomic E-state index is 11.4. The van der Waals surface area contributed by atoms with E-state index >= 15 is 0 Å². The lowest BCUT2D eigenvalue weighted by atomic mass is 10.2. The van der Waals surface area contributed by atoms with Crippen LogP contribution in [0.25, 0.3) is 11.0 Å². The second kappa shape index (κ2) is 6.40. The number of hydrogen-bond acceptors (Lipinski definition) is 6. The molecular weight excluding hydrogens is 264 g/mol. The Bertz CT molecular complexity index is 584. The van der Waals surface area contributed by atoms with Gasteiger partial charge in [0.05, 0.1) is 7.11 Å². The molecule has 0 fully saturated rings. The minimum absolute atomic E-state index is 0.159. The van der Waals surface area contributed by atoms with Crippen LogP contribution in [0.1, 0.15) is 10.6 Å². The summed E-state index contributed by atoms with van der Waals surface area (Å²) in [5.74, 6) is 0.280. The first-order chi connectivity index (χ1) is 9.67. The lowest BCUT2D eigenvalue weighted by molar-refractivity contribution is -0.121. The van der Waals surface area contributed by atoms with Crippen molar-refractivity contribution in [2.45, 2.75) is 6.29 Å². The van der Waals surface area contributed by atoms with Crippen molar-refractivity contribution < 1.29 is 28.2 Å². The van der Waals surface area contributed by atoms with Crippen molar-refractivity contribution in [3.8, 4) is 5.75 Å². The monoisotopic (exact) mass is 280 g/mol. The highest BCUT2D eigenvalue weighted by Gasteiger charge is 2.13. The first kappa shape index (κ1) is 14.4. The molecule has 0 atom stereocenters. The fraction of sp³-hybridized carbons (Fsp3) is 0.357. The van der Waals surface area contributed by atoms with Crippen LogP contribution in [0.15, 0.2) is 28.7 Å². The van der Waals surface area contributed by atoms with Crippen molar-refractivity contribution in [3.05, 3.63) is 30.0 Å². The van der Waals surface area contributed by atoms with E-state index in [1.165, 1.54) is 7.11 Å². The van der Waals surface area contributed by atoms with Gasteiger partial charge in [-0.1, -0.05) is 0 Å². The molecule has 0 unspecified atom stereocenters. The number of methoxy groups -OCH3 is 3. The molecule has 108 valence electrons. The summed E-state index contributed by atoms with van der Waals surface area (Å²) < 4.78 is 25.6. The summed E-state index contributed by atoms with van der Waals surface area (Å²) in [7, 11) is 4.39. The number of furan rings is 1. The van der Waals surface area contributed by atoms with E-state index in [2.05, 4.69) is 4.74 Å². The summed E-state index contributed by atoms with van der Waals surface area (Å²) in [6.07, 6.45) is -0.430. The average molecular weight is 280 g/mol. The predicted molar refractivity (Wildman–Crippen MR) is 70.9 cm³/mol. The van der Waals surface area contributed by atoms with Crippen LogP contribution in [-0.4, -0.2) is 40.2 Å². The number of ether oxygens (including phenoxy) is 4. The molecule has 1 aromatic carbocycles. The van der Waals surface area contributed by atoms with E-state index in [4.69, 9.17) is 18.6 Å². The SMILES string of the molecule is COC(=O)c1cc2cc(OCC(OC)OC)ccc2o1. The molecule has 1 aromatic heterocycles. The molecule has 0 aliphatic heterocycles. The van der Waals surface area contributed by atoms with Crippen LogP contribution >= 0.6 is 0 Å². The maximum absolute atomic E-state index is 11.4.